The fourth-order valence-corrected chi connectivity index (χ4v) is 1.17. The molecule has 0 saturated heterocycles. The minimum Gasteiger partial charge on any atom is -0.379 e. The quantitative estimate of drug-likeness (QED) is 0.580. The van der Waals surface area contributed by atoms with Crippen LogP contribution in [0.1, 0.15) is 34.1 Å². The van der Waals surface area contributed by atoms with Crippen molar-refractivity contribution in [1.82, 2.24) is 5.32 Å². The van der Waals surface area contributed by atoms with Gasteiger partial charge in [-0.25, -0.2) is 0 Å². The molecule has 0 aliphatic carbocycles. The van der Waals surface area contributed by atoms with Crippen molar-refractivity contribution in [1.29, 1.82) is 0 Å². The molecule has 0 bridgehead atoms. The van der Waals surface area contributed by atoms with Gasteiger partial charge in [0.1, 0.15) is 0 Å². The summed E-state index contributed by atoms with van der Waals surface area (Å²) < 4.78 is 10.9. The van der Waals surface area contributed by atoms with Crippen molar-refractivity contribution in [2.24, 2.45) is 0 Å². The molecule has 86 valence electrons. The zero-order chi connectivity index (χ0) is 10.8. The lowest BCUT2D eigenvalue weighted by Gasteiger charge is -2.21. The Morgan fingerprint density at radius 3 is 2.36 bits per heavy atom. The van der Waals surface area contributed by atoms with Crippen LogP contribution in [0.3, 0.4) is 0 Å². The van der Waals surface area contributed by atoms with E-state index in [0.29, 0.717) is 19.3 Å². The van der Waals surface area contributed by atoms with Gasteiger partial charge in [0.15, 0.2) is 0 Å². The zero-order valence-corrected chi connectivity index (χ0v) is 10.0. The first kappa shape index (κ1) is 13.9. The Bertz CT molecular complexity index is 120. The molecule has 0 aromatic heterocycles. The van der Waals surface area contributed by atoms with Crippen molar-refractivity contribution >= 4 is 0 Å². The predicted molar refractivity (Wildman–Crippen MR) is 59.7 cm³/mol. The van der Waals surface area contributed by atoms with Crippen LogP contribution in [-0.4, -0.2) is 38.5 Å². The number of hydrogen-bond acceptors (Lipinski definition) is 3. The highest BCUT2D eigenvalue weighted by Crippen LogP contribution is 1.97. The summed E-state index contributed by atoms with van der Waals surface area (Å²) in [7, 11) is 0. The highest BCUT2D eigenvalue weighted by molar-refractivity contribution is 4.66. The van der Waals surface area contributed by atoms with Gasteiger partial charge in [-0.3, -0.25) is 0 Å². The number of rotatable bonds is 9. The molecule has 0 amide bonds. The highest BCUT2D eigenvalue weighted by Gasteiger charge is 2.10. The predicted octanol–water partition coefficient (Wildman–Crippen LogP) is 1.82. The molecule has 0 aromatic carbocycles. The Balaban J connectivity index is 3.29. The summed E-state index contributed by atoms with van der Waals surface area (Å²) in [4.78, 5) is 0. The SMILES string of the molecule is CCCOCCOC(C)C(C)NCC. The van der Waals surface area contributed by atoms with Crippen LogP contribution >= 0.6 is 0 Å². The van der Waals surface area contributed by atoms with Gasteiger partial charge in [-0.15, -0.1) is 0 Å². The molecule has 0 fully saturated rings. The molecule has 3 nitrogen and oxygen atoms in total. The Hall–Kier alpha value is -0.120. The molecule has 2 unspecified atom stereocenters. The van der Waals surface area contributed by atoms with Crippen LogP contribution in [0.25, 0.3) is 0 Å². The molecule has 3 heteroatoms. The van der Waals surface area contributed by atoms with E-state index in [-0.39, 0.29) is 6.10 Å². The first-order valence-corrected chi connectivity index (χ1v) is 5.65. The van der Waals surface area contributed by atoms with E-state index in [1.807, 2.05) is 0 Å². The second-order valence-electron chi connectivity index (χ2n) is 3.53. The molecule has 0 aromatic rings. The number of ether oxygens (including phenoxy) is 2. The monoisotopic (exact) mass is 203 g/mol. The van der Waals surface area contributed by atoms with Crippen molar-refractivity contribution in [3.05, 3.63) is 0 Å². The number of hydrogen-bond donors (Lipinski definition) is 1. The maximum Gasteiger partial charge on any atom is 0.0704 e. The van der Waals surface area contributed by atoms with E-state index in [2.05, 4.69) is 33.0 Å². The highest BCUT2D eigenvalue weighted by atomic mass is 16.5. The van der Waals surface area contributed by atoms with Gasteiger partial charge >= 0.3 is 0 Å². The molecular formula is C11H25NO2. The van der Waals surface area contributed by atoms with Crippen molar-refractivity contribution < 1.29 is 9.47 Å². The summed E-state index contributed by atoms with van der Waals surface area (Å²) in [5.74, 6) is 0. The van der Waals surface area contributed by atoms with Gasteiger partial charge in [0.05, 0.1) is 19.3 Å². The van der Waals surface area contributed by atoms with Crippen LogP contribution in [0.4, 0.5) is 0 Å². The molecular weight excluding hydrogens is 178 g/mol. The third-order valence-corrected chi connectivity index (χ3v) is 2.19. The molecule has 0 spiro atoms. The lowest BCUT2D eigenvalue weighted by molar-refractivity contribution is -0.0000651. The molecule has 0 rings (SSSR count). The Kier molecular flexibility index (Phi) is 9.35. The molecule has 0 saturated carbocycles. The first-order chi connectivity index (χ1) is 6.72. The average Bonchev–Trinajstić information content (AvgIpc) is 2.17. The van der Waals surface area contributed by atoms with Crippen LogP contribution in [0.2, 0.25) is 0 Å². The summed E-state index contributed by atoms with van der Waals surface area (Å²) in [6.45, 7) is 11.7. The molecule has 1 N–H and O–H groups in total. The Morgan fingerprint density at radius 2 is 1.79 bits per heavy atom. The molecule has 0 heterocycles. The molecule has 0 radical (unpaired) electrons. The summed E-state index contributed by atoms with van der Waals surface area (Å²) >= 11 is 0. The van der Waals surface area contributed by atoms with Gasteiger partial charge in [-0.2, -0.15) is 0 Å². The third-order valence-electron chi connectivity index (χ3n) is 2.19. The van der Waals surface area contributed by atoms with E-state index in [9.17, 15) is 0 Å². The maximum absolute atomic E-state index is 5.62. The van der Waals surface area contributed by atoms with Crippen LogP contribution in [0, 0.1) is 0 Å². The molecule has 2 atom stereocenters. The van der Waals surface area contributed by atoms with E-state index in [1.165, 1.54) is 0 Å². The van der Waals surface area contributed by atoms with E-state index >= 15 is 0 Å². The average molecular weight is 203 g/mol. The van der Waals surface area contributed by atoms with Gasteiger partial charge in [-0.1, -0.05) is 13.8 Å². The summed E-state index contributed by atoms with van der Waals surface area (Å²) in [6.07, 6.45) is 1.32. The van der Waals surface area contributed by atoms with Crippen LogP contribution in [0.5, 0.6) is 0 Å². The smallest absolute Gasteiger partial charge is 0.0704 e. The van der Waals surface area contributed by atoms with E-state index < -0.39 is 0 Å². The topological polar surface area (TPSA) is 30.5 Å². The van der Waals surface area contributed by atoms with Crippen molar-refractivity contribution in [3.63, 3.8) is 0 Å². The molecule has 0 aliphatic rings. The normalized spacial score (nSPS) is 15.4. The van der Waals surface area contributed by atoms with Gasteiger partial charge < -0.3 is 14.8 Å². The Morgan fingerprint density at radius 1 is 1.07 bits per heavy atom. The number of likely N-dealkylation sites (N-methyl/N-ethyl adjacent to an activating group) is 1. The van der Waals surface area contributed by atoms with Gasteiger partial charge in [0.2, 0.25) is 0 Å². The minimum absolute atomic E-state index is 0.250. The third kappa shape index (κ3) is 7.30. The molecule has 0 aliphatic heterocycles. The van der Waals surface area contributed by atoms with Gasteiger partial charge in [0, 0.05) is 12.6 Å². The molecule has 14 heavy (non-hydrogen) atoms. The van der Waals surface area contributed by atoms with Crippen molar-refractivity contribution in [3.8, 4) is 0 Å². The van der Waals surface area contributed by atoms with Crippen LogP contribution in [-0.2, 0) is 9.47 Å². The lowest BCUT2D eigenvalue weighted by atomic mass is 10.2. The summed E-state index contributed by atoms with van der Waals surface area (Å²) in [6, 6.07) is 0.408. The van der Waals surface area contributed by atoms with Crippen molar-refractivity contribution in [2.75, 3.05) is 26.4 Å². The summed E-state index contributed by atoms with van der Waals surface area (Å²) in [5, 5.41) is 3.33. The van der Waals surface area contributed by atoms with Crippen LogP contribution < -0.4 is 5.32 Å². The fraction of sp³-hybridized carbons (Fsp3) is 1.00. The van der Waals surface area contributed by atoms with E-state index in [1.54, 1.807) is 0 Å². The van der Waals surface area contributed by atoms with E-state index in [0.717, 1.165) is 19.6 Å². The number of nitrogens with one attached hydrogen (secondary N) is 1. The van der Waals surface area contributed by atoms with Gasteiger partial charge in [-0.05, 0) is 26.8 Å². The zero-order valence-electron chi connectivity index (χ0n) is 10.0. The Labute approximate surface area is 88.2 Å². The van der Waals surface area contributed by atoms with Crippen molar-refractivity contribution in [2.45, 2.75) is 46.3 Å². The first-order valence-electron chi connectivity index (χ1n) is 5.65. The second-order valence-corrected chi connectivity index (χ2v) is 3.53. The second kappa shape index (κ2) is 9.44. The van der Waals surface area contributed by atoms with E-state index in [4.69, 9.17) is 9.47 Å². The summed E-state index contributed by atoms with van der Waals surface area (Å²) in [5.41, 5.74) is 0. The maximum atomic E-state index is 5.62. The standard InChI is InChI=1S/C11H25NO2/c1-5-7-13-8-9-14-11(4)10(3)12-6-2/h10-12H,5-9H2,1-4H3. The largest absolute Gasteiger partial charge is 0.379 e. The fourth-order valence-electron chi connectivity index (χ4n) is 1.17. The minimum atomic E-state index is 0.250. The van der Waals surface area contributed by atoms with Gasteiger partial charge in [0.25, 0.3) is 0 Å². The van der Waals surface area contributed by atoms with Crippen LogP contribution in [0.15, 0.2) is 0 Å². The lowest BCUT2D eigenvalue weighted by Crippen LogP contribution is -2.37.